The number of esters is 1. The molecular formula is C7H13NO4. The van der Waals surface area contributed by atoms with Crippen molar-refractivity contribution in [2.75, 3.05) is 20.8 Å². The summed E-state index contributed by atoms with van der Waals surface area (Å²) in [4.78, 5) is 21.5. The maximum Gasteiger partial charge on any atom is 0.330 e. The minimum Gasteiger partial charge on any atom is -0.467 e. The van der Waals surface area contributed by atoms with E-state index in [1.54, 1.807) is 0 Å². The van der Waals surface area contributed by atoms with E-state index in [0.717, 1.165) is 0 Å². The van der Waals surface area contributed by atoms with Gasteiger partial charge in [0, 0.05) is 14.0 Å². The molecule has 0 bridgehead atoms. The normalized spacial score (nSPS) is 11.9. The Morgan fingerprint density at radius 2 is 2.00 bits per heavy atom. The average Bonchev–Trinajstić information content (AvgIpc) is 2.01. The van der Waals surface area contributed by atoms with Crippen molar-refractivity contribution in [1.82, 2.24) is 5.32 Å². The summed E-state index contributed by atoms with van der Waals surface area (Å²) in [5.74, 6) is -0.797. The molecule has 70 valence electrons. The molecular weight excluding hydrogens is 162 g/mol. The molecule has 1 N–H and O–H groups in total. The number of carbonyl (C=O) groups excluding carboxylic acids is 2. The molecule has 0 heterocycles. The third-order valence-electron chi connectivity index (χ3n) is 1.20. The van der Waals surface area contributed by atoms with Crippen molar-refractivity contribution in [1.29, 1.82) is 0 Å². The first kappa shape index (κ1) is 10.9. The minimum absolute atomic E-state index is 0.117. The molecule has 0 saturated heterocycles. The van der Waals surface area contributed by atoms with Crippen LogP contribution in [0.1, 0.15) is 6.92 Å². The highest BCUT2D eigenvalue weighted by Gasteiger charge is 2.19. The predicted molar refractivity (Wildman–Crippen MR) is 41.5 cm³/mol. The first-order chi connectivity index (χ1) is 5.61. The monoisotopic (exact) mass is 175 g/mol. The van der Waals surface area contributed by atoms with Crippen molar-refractivity contribution >= 4 is 11.9 Å². The van der Waals surface area contributed by atoms with Crippen molar-refractivity contribution in [3.05, 3.63) is 0 Å². The zero-order chi connectivity index (χ0) is 9.56. The lowest BCUT2D eigenvalue weighted by molar-refractivity contribution is -0.146. The van der Waals surface area contributed by atoms with Crippen molar-refractivity contribution in [2.24, 2.45) is 0 Å². The molecule has 1 amide bonds. The Balaban J connectivity index is 4.02. The fraction of sp³-hybridized carbons (Fsp3) is 0.714. The quantitative estimate of drug-likeness (QED) is 0.574. The van der Waals surface area contributed by atoms with Crippen LogP contribution in [0.3, 0.4) is 0 Å². The van der Waals surface area contributed by atoms with Gasteiger partial charge in [0.2, 0.25) is 5.91 Å². The molecule has 5 heteroatoms. The fourth-order valence-corrected chi connectivity index (χ4v) is 0.723. The van der Waals surface area contributed by atoms with Crippen molar-refractivity contribution in [2.45, 2.75) is 13.0 Å². The molecule has 0 aromatic rings. The first-order valence-corrected chi connectivity index (χ1v) is 3.45. The number of hydrogen-bond donors (Lipinski definition) is 1. The summed E-state index contributed by atoms with van der Waals surface area (Å²) in [6.07, 6.45) is 0. The summed E-state index contributed by atoms with van der Waals surface area (Å²) in [6, 6.07) is -0.711. The minimum atomic E-state index is -0.711. The van der Waals surface area contributed by atoms with Gasteiger partial charge in [-0.3, -0.25) is 4.79 Å². The lowest BCUT2D eigenvalue weighted by Gasteiger charge is -2.13. The Labute approximate surface area is 71.0 Å². The van der Waals surface area contributed by atoms with Gasteiger partial charge < -0.3 is 14.8 Å². The van der Waals surface area contributed by atoms with Crippen LogP contribution in [0, 0.1) is 0 Å². The number of carbonyl (C=O) groups is 2. The number of hydrogen-bond acceptors (Lipinski definition) is 4. The van der Waals surface area contributed by atoms with Crippen LogP contribution in [0.15, 0.2) is 0 Å². The Morgan fingerprint density at radius 1 is 1.42 bits per heavy atom. The lowest BCUT2D eigenvalue weighted by Crippen LogP contribution is -2.43. The average molecular weight is 175 g/mol. The van der Waals surface area contributed by atoms with Gasteiger partial charge in [-0.2, -0.15) is 0 Å². The topological polar surface area (TPSA) is 64.6 Å². The van der Waals surface area contributed by atoms with E-state index < -0.39 is 12.0 Å². The number of methoxy groups -OCH3 is 2. The summed E-state index contributed by atoms with van der Waals surface area (Å²) >= 11 is 0. The fourth-order valence-electron chi connectivity index (χ4n) is 0.723. The van der Waals surface area contributed by atoms with Crippen LogP contribution in [0.25, 0.3) is 0 Å². The Morgan fingerprint density at radius 3 is 2.33 bits per heavy atom. The molecule has 12 heavy (non-hydrogen) atoms. The molecule has 0 aliphatic carbocycles. The highest BCUT2D eigenvalue weighted by molar-refractivity contribution is 5.83. The van der Waals surface area contributed by atoms with E-state index in [4.69, 9.17) is 4.74 Å². The van der Waals surface area contributed by atoms with Crippen LogP contribution in [-0.2, 0) is 19.1 Å². The van der Waals surface area contributed by atoms with E-state index in [1.165, 1.54) is 21.1 Å². The molecule has 0 fully saturated rings. The van der Waals surface area contributed by atoms with E-state index >= 15 is 0 Å². The van der Waals surface area contributed by atoms with Crippen LogP contribution in [0.5, 0.6) is 0 Å². The van der Waals surface area contributed by atoms with Gasteiger partial charge >= 0.3 is 5.97 Å². The number of ether oxygens (including phenoxy) is 2. The zero-order valence-electron chi connectivity index (χ0n) is 7.42. The van der Waals surface area contributed by atoms with Gasteiger partial charge in [0.15, 0.2) is 6.04 Å². The molecule has 0 spiro atoms. The molecule has 0 aromatic carbocycles. The van der Waals surface area contributed by atoms with Gasteiger partial charge in [-0.15, -0.1) is 0 Å². The lowest BCUT2D eigenvalue weighted by atomic mass is 10.3. The molecule has 0 rings (SSSR count). The summed E-state index contributed by atoms with van der Waals surface area (Å²) in [5, 5.41) is 2.39. The van der Waals surface area contributed by atoms with Gasteiger partial charge in [0.25, 0.3) is 0 Å². The smallest absolute Gasteiger partial charge is 0.330 e. The standard InChI is InChI=1S/C7H13NO4/c1-5(9)8-6(4-11-2)7(10)12-3/h6H,4H2,1-3H3,(H,8,9). The zero-order valence-corrected chi connectivity index (χ0v) is 7.42. The predicted octanol–water partition coefficient (Wildman–Crippen LogP) is -0.689. The van der Waals surface area contributed by atoms with E-state index in [1.807, 2.05) is 0 Å². The van der Waals surface area contributed by atoms with Gasteiger partial charge in [0.1, 0.15) is 0 Å². The van der Waals surface area contributed by atoms with Crippen LogP contribution in [0.2, 0.25) is 0 Å². The molecule has 0 radical (unpaired) electrons. The third kappa shape index (κ3) is 3.92. The molecule has 0 saturated carbocycles. The molecule has 5 nitrogen and oxygen atoms in total. The van der Waals surface area contributed by atoms with Gasteiger partial charge in [-0.25, -0.2) is 4.79 Å². The summed E-state index contributed by atoms with van der Waals surface area (Å²) < 4.78 is 9.14. The summed E-state index contributed by atoms with van der Waals surface area (Å²) in [5.41, 5.74) is 0. The van der Waals surface area contributed by atoms with E-state index in [9.17, 15) is 9.59 Å². The highest BCUT2D eigenvalue weighted by atomic mass is 16.5. The Bertz CT molecular complexity index is 169. The Kier molecular flexibility index (Phi) is 5.03. The summed E-state index contributed by atoms with van der Waals surface area (Å²) in [6.45, 7) is 1.44. The largest absolute Gasteiger partial charge is 0.467 e. The maximum atomic E-state index is 10.9. The first-order valence-electron chi connectivity index (χ1n) is 3.45. The third-order valence-corrected chi connectivity index (χ3v) is 1.20. The molecule has 0 aromatic heterocycles. The van der Waals surface area contributed by atoms with Crippen LogP contribution < -0.4 is 5.32 Å². The van der Waals surface area contributed by atoms with Crippen molar-refractivity contribution in [3.63, 3.8) is 0 Å². The second kappa shape index (κ2) is 5.54. The van der Waals surface area contributed by atoms with Crippen LogP contribution >= 0.6 is 0 Å². The maximum absolute atomic E-state index is 10.9. The van der Waals surface area contributed by atoms with Gasteiger partial charge in [-0.05, 0) is 0 Å². The van der Waals surface area contributed by atoms with Gasteiger partial charge in [-0.1, -0.05) is 0 Å². The van der Waals surface area contributed by atoms with E-state index in [0.29, 0.717) is 0 Å². The molecule has 1 atom stereocenters. The van der Waals surface area contributed by atoms with Crippen LogP contribution in [0.4, 0.5) is 0 Å². The second-order valence-electron chi connectivity index (χ2n) is 2.23. The molecule has 0 aliphatic rings. The second-order valence-corrected chi connectivity index (χ2v) is 2.23. The Hall–Kier alpha value is -1.10. The van der Waals surface area contributed by atoms with E-state index in [2.05, 4.69) is 10.1 Å². The number of amides is 1. The highest BCUT2D eigenvalue weighted by Crippen LogP contribution is 1.88. The van der Waals surface area contributed by atoms with Crippen LogP contribution in [-0.4, -0.2) is 38.7 Å². The van der Waals surface area contributed by atoms with Crippen molar-refractivity contribution in [3.8, 4) is 0 Å². The SMILES string of the molecule is COCC(NC(C)=O)C(=O)OC. The number of rotatable bonds is 4. The molecule has 0 aliphatic heterocycles. The molecule has 1 unspecified atom stereocenters. The number of nitrogens with one attached hydrogen (secondary N) is 1. The van der Waals surface area contributed by atoms with Crippen molar-refractivity contribution < 1.29 is 19.1 Å². The summed E-state index contributed by atoms with van der Waals surface area (Å²) in [7, 11) is 2.70. The van der Waals surface area contributed by atoms with Gasteiger partial charge in [0.05, 0.1) is 13.7 Å². The van der Waals surface area contributed by atoms with E-state index in [-0.39, 0.29) is 12.5 Å².